The van der Waals surface area contributed by atoms with Crippen molar-refractivity contribution in [1.29, 1.82) is 0 Å². The van der Waals surface area contributed by atoms with E-state index in [1.54, 1.807) is 0 Å². The van der Waals surface area contributed by atoms with Gasteiger partial charge in [0.05, 0.1) is 16.7 Å². The first-order valence-electron chi connectivity index (χ1n) is 23.6. The lowest BCUT2D eigenvalue weighted by molar-refractivity contribution is 1.18. The fourth-order valence-electron chi connectivity index (χ4n) is 10.8. The Morgan fingerprint density at radius 1 is 0.304 bits per heavy atom. The van der Waals surface area contributed by atoms with Gasteiger partial charge < -0.3 is 9.47 Å². The van der Waals surface area contributed by atoms with Crippen LogP contribution in [-0.4, -0.2) is 4.57 Å². The second-order valence-corrected chi connectivity index (χ2v) is 19.1. The smallest absolute Gasteiger partial charge is 0.0541 e. The van der Waals surface area contributed by atoms with Crippen LogP contribution in [0.2, 0.25) is 0 Å². The molecule has 2 heterocycles. The molecule has 0 unspecified atom stereocenters. The van der Waals surface area contributed by atoms with Crippen LogP contribution in [0.25, 0.3) is 113 Å². The quantitative estimate of drug-likeness (QED) is 0.145. The van der Waals surface area contributed by atoms with Crippen LogP contribution >= 0.6 is 11.3 Å². The predicted octanol–water partition coefficient (Wildman–Crippen LogP) is 19.1. The third-order valence-electron chi connectivity index (χ3n) is 14.2. The molecule has 69 heavy (non-hydrogen) atoms. The lowest BCUT2D eigenvalue weighted by Gasteiger charge is -2.28. The Kier molecular flexibility index (Phi) is 9.11. The number of fused-ring (bicyclic) bond motifs is 11. The van der Waals surface area contributed by atoms with Crippen molar-refractivity contribution in [3.8, 4) is 39.1 Å². The van der Waals surface area contributed by atoms with Gasteiger partial charge >= 0.3 is 0 Å². The predicted molar refractivity (Wildman–Crippen MR) is 297 cm³/mol. The molecule has 0 atom stereocenters. The molecule has 12 aromatic carbocycles. The monoisotopic (exact) mass is 894 g/mol. The molecule has 3 heteroatoms. The Bertz CT molecular complexity index is 4260. The molecule has 0 saturated heterocycles. The number of aromatic nitrogens is 1. The summed E-state index contributed by atoms with van der Waals surface area (Å²) in [6, 6.07) is 93.7. The number of anilines is 3. The van der Waals surface area contributed by atoms with E-state index in [-0.39, 0.29) is 0 Å². The van der Waals surface area contributed by atoms with Crippen LogP contribution in [0.3, 0.4) is 0 Å². The number of thiophene rings is 1. The van der Waals surface area contributed by atoms with Gasteiger partial charge in [-0.1, -0.05) is 188 Å². The van der Waals surface area contributed by atoms with Gasteiger partial charge in [0.2, 0.25) is 0 Å². The van der Waals surface area contributed by atoms with E-state index in [1.807, 2.05) is 11.3 Å². The second kappa shape index (κ2) is 16.0. The molecule has 0 fully saturated rings. The van der Waals surface area contributed by atoms with Crippen LogP contribution in [0.1, 0.15) is 0 Å². The highest BCUT2D eigenvalue weighted by Crippen LogP contribution is 2.44. The minimum absolute atomic E-state index is 1.09. The molecule has 0 aliphatic rings. The molecule has 0 spiro atoms. The first-order chi connectivity index (χ1) is 34.2. The normalized spacial score (nSPS) is 11.8. The summed E-state index contributed by atoms with van der Waals surface area (Å²) in [5.41, 5.74) is 13.9. The fraction of sp³-hybridized carbons (Fsp3) is 0. The van der Waals surface area contributed by atoms with Crippen molar-refractivity contribution >= 4 is 103 Å². The van der Waals surface area contributed by atoms with Crippen molar-refractivity contribution in [3.05, 3.63) is 255 Å². The zero-order valence-electron chi connectivity index (χ0n) is 37.6. The van der Waals surface area contributed by atoms with Crippen LogP contribution < -0.4 is 4.90 Å². The van der Waals surface area contributed by atoms with Gasteiger partial charge in [-0.05, 0) is 127 Å². The van der Waals surface area contributed by atoms with Gasteiger partial charge in [0.1, 0.15) is 0 Å². The van der Waals surface area contributed by atoms with Crippen LogP contribution in [-0.2, 0) is 0 Å². The zero-order chi connectivity index (χ0) is 45.4. The summed E-state index contributed by atoms with van der Waals surface area (Å²) >= 11 is 1.89. The van der Waals surface area contributed by atoms with Crippen molar-refractivity contribution < 1.29 is 0 Å². The molecule has 14 rings (SSSR count). The standard InChI is InChI=1S/C66H42N2S/c1-3-16-54-45(12-1)24-25-49-40-50(32-37-55(49)54)56-17-5-8-21-62(56)67(52-35-28-44(29-36-52)48-31-38-60-61-39-30-46-13-2-4-18-57(46)66(61)69-65(60)42-48)51-33-26-43(27-34-51)47-14-11-15-53(41-47)68-63-22-9-6-19-58(63)59-20-7-10-23-64(59)68/h1-42H. The molecule has 2 nitrogen and oxygen atoms in total. The molecule has 0 amide bonds. The lowest BCUT2D eigenvalue weighted by atomic mass is 9.96. The van der Waals surface area contributed by atoms with Gasteiger partial charge in [-0.2, -0.15) is 0 Å². The van der Waals surface area contributed by atoms with E-state index in [1.165, 1.54) is 102 Å². The van der Waals surface area contributed by atoms with Gasteiger partial charge in [-0.25, -0.2) is 0 Å². The molecule has 0 radical (unpaired) electrons. The maximum absolute atomic E-state index is 2.42. The molecule has 0 N–H and O–H groups in total. The molecule has 2 aromatic heterocycles. The fourth-order valence-corrected chi connectivity index (χ4v) is 12.1. The Labute approximate surface area is 403 Å². The Morgan fingerprint density at radius 3 is 1.57 bits per heavy atom. The summed E-state index contributed by atoms with van der Waals surface area (Å²) in [6.07, 6.45) is 0. The van der Waals surface area contributed by atoms with Crippen molar-refractivity contribution in [1.82, 2.24) is 4.57 Å². The third-order valence-corrected chi connectivity index (χ3v) is 15.4. The van der Waals surface area contributed by atoms with Crippen LogP contribution in [0.15, 0.2) is 255 Å². The molecule has 0 aliphatic heterocycles. The summed E-state index contributed by atoms with van der Waals surface area (Å²) in [5, 5.41) is 12.8. The Hall–Kier alpha value is -8.76. The Balaban J connectivity index is 0.871. The number of para-hydroxylation sites is 3. The second-order valence-electron chi connectivity index (χ2n) is 18.1. The van der Waals surface area contributed by atoms with Crippen LogP contribution in [0, 0.1) is 0 Å². The summed E-state index contributed by atoms with van der Waals surface area (Å²) in [5.74, 6) is 0. The van der Waals surface area contributed by atoms with Crippen molar-refractivity contribution in [2.45, 2.75) is 0 Å². The number of hydrogen-bond acceptors (Lipinski definition) is 2. The van der Waals surface area contributed by atoms with E-state index in [0.717, 1.165) is 28.3 Å². The summed E-state index contributed by atoms with van der Waals surface area (Å²) in [7, 11) is 0. The topological polar surface area (TPSA) is 8.17 Å². The highest BCUT2D eigenvalue weighted by atomic mass is 32.1. The molecular weight excluding hydrogens is 853 g/mol. The van der Waals surface area contributed by atoms with E-state index < -0.39 is 0 Å². The maximum atomic E-state index is 2.42. The highest BCUT2D eigenvalue weighted by Gasteiger charge is 2.19. The average molecular weight is 895 g/mol. The first kappa shape index (κ1) is 39.4. The highest BCUT2D eigenvalue weighted by molar-refractivity contribution is 7.26. The molecule has 14 aromatic rings. The SMILES string of the molecule is c1cc(-c2ccc(N(c3ccc(-c4ccc5c(c4)sc4c6ccccc6ccc54)cc3)c3ccccc3-c3ccc4c(ccc5ccccc54)c3)cc2)cc(-n2c3ccccc3c3ccccc32)c1. The van der Waals surface area contributed by atoms with E-state index in [9.17, 15) is 0 Å². The van der Waals surface area contributed by atoms with Crippen molar-refractivity contribution in [2.24, 2.45) is 0 Å². The van der Waals surface area contributed by atoms with E-state index in [2.05, 4.69) is 264 Å². The van der Waals surface area contributed by atoms with E-state index in [4.69, 9.17) is 0 Å². The van der Waals surface area contributed by atoms with Gasteiger partial charge in [0, 0.05) is 53.6 Å². The zero-order valence-corrected chi connectivity index (χ0v) is 38.4. The largest absolute Gasteiger partial charge is 0.310 e. The maximum Gasteiger partial charge on any atom is 0.0541 e. The number of rotatable bonds is 7. The summed E-state index contributed by atoms with van der Waals surface area (Å²) < 4.78 is 5.05. The Morgan fingerprint density at radius 2 is 0.826 bits per heavy atom. The van der Waals surface area contributed by atoms with Gasteiger partial charge in [-0.15, -0.1) is 11.3 Å². The molecular formula is C66H42N2S. The minimum Gasteiger partial charge on any atom is -0.310 e. The van der Waals surface area contributed by atoms with E-state index in [0.29, 0.717) is 0 Å². The first-order valence-corrected chi connectivity index (χ1v) is 24.5. The van der Waals surface area contributed by atoms with Gasteiger partial charge in [0.15, 0.2) is 0 Å². The summed E-state index contributed by atoms with van der Waals surface area (Å²) in [4.78, 5) is 2.42. The molecule has 0 saturated carbocycles. The number of benzene rings is 12. The van der Waals surface area contributed by atoms with Crippen LogP contribution in [0.5, 0.6) is 0 Å². The third kappa shape index (κ3) is 6.54. The minimum atomic E-state index is 1.09. The number of nitrogens with zero attached hydrogens (tertiary/aromatic N) is 2. The van der Waals surface area contributed by atoms with E-state index >= 15 is 0 Å². The van der Waals surface area contributed by atoms with Gasteiger partial charge in [0.25, 0.3) is 0 Å². The van der Waals surface area contributed by atoms with Crippen LogP contribution in [0.4, 0.5) is 17.1 Å². The summed E-state index contributed by atoms with van der Waals surface area (Å²) in [6.45, 7) is 0. The van der Waals surface area contributed by atoms with Crippen molar-refractivity contribution in [2.75, 3.05) is 4.90 Å². The molecule has 0 bridgehead atoms. The van der Waals surface area contributed by atoms with Gasteiger partial charge in [-0.3, -0.25) is 0 Å². The number of hydrogen-bond donors (Lipinski definition) is 0. The average Bonchev–Trinajstić information content (AvgIpc) is 3.97. The lowest BCUT2D eigenvalue weighted by Crippen LogP contribution is -2.11. The molecule has 0 aliphatic carbocycles. The molecule has 322 valence electrons. The van der Waals surface area contributed by atoms with Crippen molar-refractivity contribution in [3.63, 3.8) is 0 Å².